The number of hydrogen-bond acceptors (Lipinski definition) is 5. The molecule has 3 heterocycles. The Morgan fingerprint density at radius 1 is 1.27 bits per heavy atom. The lowest BCUT2D eigenvalue weighted by atomic mass is 9.89. The number of amides is 1. The number of aliphatic hydroxyl groups is 1. The van der Waals surface area contributed by atoms with E-state index in [1.54, 1.807) is 11.3 Å². The molecule has 0 spiro atoms. The van der Waals surface area contributed by atoms with Crippen LogP contribution in [0, 0.1) is 0 Å². The lowest BCUT2D eigenvalue weighted by molar-refractivity contribution is 0.0445. The number of carbonyl (C=O) groups excluding carboxylic acids is 1. The molecule has 1 amide bonds. The van der Waals surface area contributed by atoms with Crippen molar-refractivity contribution in [2.75, 3.05) is 0 Å². The third-order valence-corrected chi connectivity index (χ3v) is 6.56. The van der Waals surface area contributed by atoms with Crippen molar-refractivity contribution in [2.24, 2.45) is 7.05 Å². The molecule has 7 heteroatoms. The molecule has 1 fully saturated rings. The Hall–Kier alpha value is -3.03. The van der Waals surface area contributed by atoms with Gasteiger partial charge >= 0.3 is 0 Å². The number of fused-ring (bicyclic) bond motifs is 1. The number of carbonyl (C=O) groups is 1. The minimum Gasteiger partial charge on any atom is -0.391 e. The molecule has 0 saturated heterocycles. The van der Waals surface area contributed by atoms with Crippen molar-refractivity contribution in [2.45, 2.75) is 31.4 Å². The van der Waals surface area contributed by atoms with Gasteiger partial charge in [0.15, 0.2) is 0 Å². The van der Waals surface area contributed by atoms with Crippen LogP contribution in [0.4, 0.5) is 0 Å². The molecule has 152 valence electrons. The van der Waals surface area contributed by atoms with E-state index < -0.39 is 6.10 Å². The summed E-state index contributed by atoms with van der Waals surface area (Å²) in [5.41, 5.74) is 4.49. The smallest absolute Gasteiger partial charge is 0.270 e. The molecule has 0 unspecified atom stereocenters. The number of hydrogen-bond donors (Lipinski definition) is 2. The molecule has 5 rings (SSSR count). The zero-order valence-electron chi connectivity index (χ0n) is 16.6. The Morgan fingerprint density at radius 2 is 2.10 bits per heavy atom. The van der Waals surface area contributed by atoms with Crippen LogP contribution in [0.15, 0.2) is 54.2 Å². The van der Waals surface area contributed by atoms with Gasteiger partial charge in [-0.1, -0.05) is 24.3 Å². The SMILES string of the molecule is Cn1ccc2c(Cc3ccc(-c4nccs4)cc3)cc(C(=O)N[C@H]3CC[C@@H]3O)nc21. The zero-order chi connectivity index (χ0) is 20.7. The van der Waals surface area contributed by atoms with Crippen LogP contribution in [0.25, 0.3) is 21.6 Å². The molecule has 6 nitrogen and oxygen atoms in total. The van der Waals surface area contributed by atoms with Crippen molar-refractivity contribution in [3.05, 3.63) is 71.0 Å². The number of nitrogens with one attached hydrogen (secondary N) is 1. The summed E-state index contributed by atoms with van der Waals surface area (Å²) >= 11 is 1.62. The maximum Gasteiger partial charge on any atom is 0.270 e. The van der Waals surface area contributed by atoms with Crippen molar-refractivity contribution in [1.29, 1.82) is 0 Å². The molecule has 3 aromatic heterocycles. The molecule has 1 aliphatic carbocycles. The van der Waals surface area contributed by atoms with Crippen molar-refractivity contribution < 1.29 is 9.90 Å². The van der Waals surface area contributed by atoms with E-state index in [1.807, 2.05) is 41.5 Å². The molecule has 4 aromatic rings. The standard InChI is InChI=1S/C23H22N4O2S/c1-27-10-8-17-16(12-14-2-4-15(5-3-14)23-24-9-11-30-23)13-19(25-21(17)27)22(29)26-18-6-7-20(18)28/h2-5,8-11,13,18,20,28H,6-7,12H2,1H3,(H,26,29)/t18-,20-/m0/s1. The number of rotatable bonds is 5. The van der Waals surface area contributed by atoms with E-state index >= 15 is 0 Å². The summed E-state index contributed by atoms with van der Waals surface area (Å²) in [6.07, 6.45) is 5.56. The minimum atomic E-state index is -0.455. The average molecular weight is 419 g/mol. The second-order valence-corrected chi connectivity index (χ2v) is 8.66. The van der Waals surface area contributed by atoms with Crippen LogP contribution < -0.4 is 5.32 Å². The van der Waals surface area contributed by atoms with Gasteiger partial charge in [0, 0.05) is 35.8 Å². The van der Waals surface area contributed by atoms with E-state index in [9.17, 15) is 9.90 Å². The monoisotopic (exact) mass is 418 g/mol. The number of aliphatic hydroxyl groups excluding tert-OH is 1. The van der Waals surface area contributed by atoms with Crippen LogP contribution >= 0.6 is 11.3 Å². The van der Waals surface area contributed by atoms with E-state index in [4.69, 9.17) is 0 Å². The molecular weight excluding hydrogens is 396 g/mol. The normalized spacial score (nSPS) is 18.3. The third-order valence-electron chi connectivity index (χ3n) is 5.74. The van der Waals surface area contributed by atoms with Gasteiger partial charge in [-0.2, -0.15) is 0 Å². The zero-order valence-corrected chi connectivity index (χ0v) is 17.4. The van der Waals surface area contributed by atoms with Crippen LogP contribution in [0.3, 0.4) is 0 Å². The molecule has 2 atom stereocenters. The summed E-state index contributed by atoms with van der Waals surface area (Å²) in [5.74, 6) is -0.234. The van der Waals surface area contributed by atoms with Gasteiger partial charge in [-0.25, -0.2) is 9.97 Å². The summed E-state index contributed by atoms with van der Waals surface area (Å²) in [5, 5.41) is 16.7. The van der Waals surface area contributed by atoms with Crippen LogP contribution in [0.1, 0.15) is 34.5 Å². The first-order valence-corrected chi connectivity index (χ1v) is 10.9. The highest BCUT2D eigenvalue weighted by atomic mass is 32.1. The van der Waals surface area contributed by atoms with Gasteiger partial charge < -0.3 is 15.0 Å². The van der Waals surface area contributed by atoms with Crippen LogP contribution in [-0.2, 0) is 13.5 Å². The van der Waals surface area contributed by atoms with Crippen molar-refractivity contribution >= 4 is 28.3 Å². The lowest BCUT2D eigenvalue weighted by Gasteiger charge is -2.32. The minimum absolute atomic E-state index is 0.176. The largest absolute Gasteiger partial charge is 0.391 e. The van der Waals surface area contributed by atoms with Crippen LogP contribution in [0.5, 0.6) is 0 Å². The second kappa shape index (κ2) is 7.66. The topological polar surface area (TPSA) is 80.0 Å². The Bertz CT molecular complexity index is 1200. The maximum atomic E-state index is 12.8. The lowest BCUT2D eigenvalue weighted by Crippen LogP contribution is -2.50. The highest BCUT2D eigenvalue weighted by Gasteiger charge is 2.30. The molecule has 1 saturated carbocycles. The molecule has 1 aliphatic rings. The van der Waals surface area contributed by atoms with Gasteiger partial charge in [0.1, 0.15) is 16.3 Å². The molecule has 0 radical (unpaired) electrons. The molecule has 1 aromatic carbocycles. The van der Waals surface area contributed by atoms with Crippen molar-refractivity contribution in [3.8, 4) is 10.6 Å². The van der Waals surface area contributed by atoms with E-state index in [1.165, 1.54) is 0 Å². The second-order valence-electron chi connectivity index (χ2n) is 7.77. The maximum absolute atomic E-state index is 12.8. The third kappa shape index (κ3) is 3.51. The first-order chi connectivity index (χ1) is 14.6. The van der Waals surface area contributed by atoms with Gasteiger partial charge in [-0.3, -0.25) is 4.79 Å². The number of nitrogens with zero attached hydrogens (tertiary/aromatic N) is 3. The molecule has 2 N–H and O–H groups in total. The summed E-state index contributed by atoms with van der Waals surface area (Å²) in [6.45, 7) is 0. The Labute approximate surface area is 178 Å². The molecular formula is C23H22N4O2S. The number of pyridine rings is 1. The Balaban J connectivity index is 1.45. The molecule has 0 aliphatic heterocycles. The van der Waals surface area contributed by atoms with Crippen molar-refractivity contribution in [3.63, 3.8) is 0 Å². The predicted octanol–water partition coefficient (Wildman–Crippen LogP) is 3.54. The highest BCUT2D eigenvalue weighted by Crippen LogP contribution is 2.26. The quantitative estimate of drug-likeness (QED) is 0.520. The summed E-state index contributed by atoms with van der Waals surface area (Å²) in [4.78, 5) is 21.7. The van der Waals surface area contributed by atoms with E-state index in [0.29, 0.717) is 12.1 Å². The summed E-state index contributed by atoms with van der Waals surface area (Å²) in [7, 11) is 1.93. The first kappa shape index (κ1) is 19.0. The van der Waals surface area contributed by atoms with E-state index in [-0.39, 0.29) is 11.9 Å². The van der Waals surface area contributed by atoms with Crippen LogP contribution in [0.2, 0.25) is 0 Å². The fourth-order valence-electron chi connectivity index (χ4n) is 3.81. The first-order valence-electron chi connectivity index (χ1n) is 10.0. The summed E-state index contributed by atoms with van der Waals surface area (Å²) in [6, 6.07) is 12.1. The van der Waals surface area contributed by atoms with Gasteiger partial charge in [0.25, 0.3) is 5.91 Å². The average Bonchev–Trinajstić information content (AvgIpc) is 3.42. The fraction of sp³-hybridized carbons (Fsp3) is 0.261. The van der Waals surface area contributed by atoms with E-state index in [2.05, 4.69) is 39.6 Å². The van der Waals surface area contributed by atoms with Crippen molar-refractivity contribution in [1.82, 2.24) is 19.9 Å². The van der Waals surface area contributed by atoms with Gasteiger partial charge in [0.2, 0.25) is 0 Å². The fourth-order valence-corrected chi connectivity index (χ4v) is 4.45. The number of benzene rings is 1. The molecule has 0 bridgehead atoms. The van der Waals surface area contributed by atoms with Crippen LogP contribution in [-0.4, -0.2) is 37.7 Å². The van der Waals surface area contributed by atoms with Gasteiger partial charge in [0.05, 0.1) is 12.1 Å². The summed E-state index contributed by atoms with van der Waals surface area (Å²) < 4.78 is 1.93. The van der Waals surface area contributed by atoms with Gasteiger partial charge in [-0.15, -0.1) is 11.3 Å². The predicted molar refractivity (Wildman–Crippen MR) is 118 cm³/mol. The van der Waals surface area contributed by atoms with Gasteiger partial charge in [-0.05, 0) is 42.5 Å². The number of aryl methyl sites for hydroxylation is 1. The Morgan fingerprint density at radius 3 is 2.77 bits per heavy atom. The molecule has 30 heavy (non-hydrogen) atoms. The number of thiazole rings is 1. The Kier molecular flexibility index (Phi) is 4.84. The van der Waals surface area contributed by atoms with E-state index in [0.717, 1.165) is 45.6 Å². The number of aromatic nitrogens is 3. The highest BCUT2D eigenvalue weighted by molar-refractivity contribution is 7.13.